The molecule has 3 aromatic rings. The first-order valence-electron chi connectivity index (χ1n) is 5.51. The summed E-state index contributed by atoms with van der Waals surface area (Å²) in [6.45, 7) is 0. The number of halogens is 1. The van der Waals surface area contributed by atoms with Crippen LogP contribution in [0.4, 0.5) is 17.2 Å². The molecule has 0 atom stereocenters. The van der Waals surface area contributed by atoms with E-state index in [2.05, 4.69) is 15.4 Å². The first kappa shape index (κ1) is 11.8. The molecule has 0 saturated carbocycles. The van der Waals surface area contributed by atoms with Crippen molar-refractivity contribution in [1.29, 1.82) is 0 Å². The van der Waals surface area contributed by atoms with Gasteiger partial charge in [0.1, 0.15) is 5.82 Å². The second kappa shape index (κ2) is 4.75. The fourth-order valence-corrected chi connectivity index (χ4v) is 2.02. The fourth-order valence-electron chi connectivity index (χ4n) is 1.76. The van der Waals surface area contributed by atoms with Crippen LogP contribution in [0.5, 0.6) is 0 Å². The molecule has 0 aliphatic rings. The van der Waals surface area contributed by atoms with Gasteiger partial charge in [0.05, 0.1) is 22.4 Å². The molecule has 2 N–H and O–H groups in total. The van der Waals surface area contributed by atoms with Crippen LogP contribution in [0.15, 0.2) is 42.9 Å². The van der Waals surface area contributed by atoms with Crippen LogP contribution in [0.2, 0.25) is 5.02 Å². The first-order valence-corrected chi connectivity index (χ1v) is 5.89. The van der Waals surface area contributed by atoms with Gasteiger partial charge >= 0.3 is 0 Å². The van der Waals surface area contributed by atoms with E-state index in [4.69, 9.17) is 11.6 Å². The number of hydrogen-bond donors (Lipinski definition) is 2. The summed E-state index contributed by atoms with van der Waals surface area (Å²) in [5.74, 6) is 0.534. The van der Waals surface area contributed by atoms with Crippen LogP contribution in [0.25, 0.3) is 5.52 Å². The Labute approximate surface area is 113 Å². The number of rotatable bonds is 3. The maximum absolute atomic E-state index is 10.6. The van der Waals surface area contributed by atoms with Crippen LogP contribution in [-0.2, 0) is 0 Å². The number of nitrogens with one attached hydrogen (secondary N) is 2. The molecule has 0 bridgehead atoms. The first-order chi connectivity index (χ1) is 9.28. The number of fused-ring (bicyclic) bond motifs is 1. The van der Waals surface area contributed by atoms with Gasteiger partial charge in [0, 0.05) is 24.1 Å². The molecule has 3 heterocycles. The SMILES string of the molecule is [O-]Nc1ccnc(Nc2ccn3nccc3c2Cl)c1. The third-order valence-electron chi connectivity index (χ3n) is 2.65. The number of anilines is 3. The molecular weight excluding hydrogens is 266 g/mol. The van der Waals surface area contributed by atoms with Gasteiger partial charge in [0.2, 0.25) is 0 Å². The monoisotopic (exact) mass is 274 g/mol. The molecule has 19 heavy (non-hydrogen) atoms. The van der Waals surface area contributed by atoms with E-state index in [1.54, 1.807) is 35.1 Å². The smallest absolute Gasteiger partial charge is 0.132 e. The van der Waals surface area contributed by atoms with Crippen LogP contribution >= 0.6 is 11.6 Å². The van der Waals surface area contributed by atoms with E-state index in [9.17, 15) is 5.21 Å². The quantitative estimate of drug-likeness (QED) is 0.718. The molecule has 96 valence electrons. The van der Waals surface area contributed by atoms with Crippen molar-refractivity contribution in [3.8, 4) is 0 Å². The van der Waals surface area contributed by atoms with E-state index in [0.29, 0.717) is 22.2 Å². The highest BCUT2D eigenvalue weighted by molar-refractivity contribution is 6.36. The number of hydrogen-bond acceptors (Lipinski definition) is 5. The van der Waals surface area contributed by atoms with Gasteiger partial charge in [-0.1, -0.05) is 11.6 Å². The molecule has 0 aliphatic heterocycles. The van der Waals surface area contributed by atoms with Gasteiger partial charge in [0.15, 0.2) is 0 Å². The predicted octanol–water partition coefficient (Wildman–Crippen LogP) is 3.04. The largest absolute Gasteiger partial charge is 0.761 e. The van der Waals surface area contributed by atoms with Gasteiger partial charge in [-0.25, -0.2) is 9.50 Å². The average Bonchev–Trinajstić information content (AvgIpc) is 2.91. The molecule has 7 heteroatoms. The summed E-state index contributed by atoms with van der Waals surface area (Å²) in [4.78, 5) is 4.12. The molecule has 3 aromatic heterocycles. The lowest BCUT2D eigenvalue weighted by Gasteiger charge is -2.12. The maximum atomic E-state index is 10.6. The van der Waals surface area contributed by atoms with Crippen molar-refractivity contribution in [2.75, 3.05) is 10.8 Å². The minimum atomic E-state index is 0.430. The molecule has 0 spiro atoms. The maximum Gasteiger partial charge on any atom is 0.132 e. The third-order valence-corrected chi connectivity index (χ3v) is 3.05. The molecule has 6 nitrogen and oxygen atoms in total. The van der Waals surface area contributed by atoms with Gasteiger partial charge in [-0.2, -0.15) is 5.10 Å². The summed E-state index contributed by atoms with van der Waals surface area (Å²) in [6.07, 6.45) is 5.00. The highest BCUT2D eigenvalue weighted by Crippen LogP contribution is 2.28. The normalized spacial score (nSPS) is 10.6. The lowest BCUT2D eigenvalue weighted by atomic mass is 10.3. The van der Waals surface area contributed by atoms with Gasteiger partial charge in [0.25, 0.3) is 0 Å². The summed E-state index contributed by atoms with van der Waals surface area (Å²) in [5, 5.41) is 18.3. The van der Waals surface area contributed by atoms with Gasteiger partial charge in [-0.05, 0) is 18.2 Å². The molecule has 0 unspecified atom stereocenters. The van der Waals surface area contributed by atoms with E-state index in [-0.39, 0.29) is 0 Å². The third kappa shape index (κ3) is 2.18. The molecule has 3 rings (SSSR count). The van der Waals surface area contributed by atoms with Crippen molar-refractivity contribution in [1.82, 2.24) is 14.6 Å². The number of aromatic nitrogens is 3. The second-order valence-corrected chi connectivity index (χ2v) is 4.24. The molecule has 0 aromatic carbocycles. The fraction of sp³-hybridized carbons (Fsp3) is 0. The van der Waals surface area contributed by atoms with Gasteiger partial charge < -0.3 is 16.0 Å². The molecule has 0 amide bonds. The topological polar surface area (TPSA) is 77.3 Å². The van der Waals surface area contributed by atoms with Crippen LogP contribution in [0, 0.1) is 5.21 Å². The van der Waals surface area contributed by atoms with Crippen molar-refractivity contribution < 1.29 is 0 Å². The van der Waals surface area contributed by atoms with E-state index in [1.165, 1.54) is 6.20 Å². The zero-order valence-corrected chi connectivity index (χ0v) is 10.4. The van der Waals surface area contributed by atoms with Crippen molar-refractivity contribution in [2.45, 2.75) is 0 Å². The second-order valence-electron chi connectivity index (χ2n) is 3.86. The van der Waals surface area contributed by atoms with Crippen molar-refractivity contribution in [3.05, 3.63) is 53.1 Å². The molecular formula is C12H9ClN5O-. The summed E-state index contributed by atoms with van der Waals surface area (Å²) < 4.78 is 1.68. The van der Waals surface area contributed by atoms with Crippen molar-refractivity contribution in [3.63, 3.8) is 0 Å². The van der Waals surface area contributed by atoms with E-state index in [1.807, 2.05) is 11.5 Å². The molecule has 0 saturated heterocycles. The minimum absolute atomic E-state index is 0.430. The van der Waals surface area contributed by atoms with Gasteiger partial charge in [-0.3, -0.25) is 0 Å². The Hall–Kier alpha value is -2.31. The number of pyridine rings is 2. The minimum Gasteiger partial charge on any atom is -0.761 e. The molecule has 0 radical (unpaired) electrons. The van der Waals surface area contributed by atoms with Crippen LogP contribution in [0.1, 0.15) is 0 Å². The Morgan fingerprint density at radius 2 is 2.11 bits per heavy atom. The van der Waals surface area contributed by atoms with E-state index >= 15 is 0 Å². The Balaban J connectivity index is 1.98. The Bertz CT molecular complexity index is 727. The van der Waals surface area contributed by atoms with E-state index < -0.39 is 0 Å². The zero-order chi connectivity index (χ0) is 13.2. The Morgan fingerprint density at radius 1 is 1.21 bits per heavy atom. The lowest BCUT2D eigenvalue weighted by Crippen LogP contribution is -1.97. The Kier molecular flexibility index (Phi) is 2.94. The summed E-state index contributed by atoms with van der Waals surface area (Å²) in [6, 6.07) is 6.79. The average molecular weight is 275 g/mol. The predicted molar refractivity (Wildman–Crippen MR) is 74.7 cm³/mol. The van der Waals surface area contributed by atoms with Crippen LogP contribution in [0.3, 0.4) is 0 Å². The summed E-state index contributed by atoms with van der Waals surface area (Å²) in [7, 11) is 0. The van der Waals surface area contributed by atoms with E-state index in [0.717, 1.165) is 5.52 Å². The zero-order valence-electron chi connectivity index (χ0n) is 9.67. The summed E-state index contributed by atoms with van der Waals surface area (Å²) in [5.41, 5.74) is 3.74. The number of nitrogens with zero attached hydrogens (tertiary/aromatic N) is 3. The highest BCUT2D eigenvalue weighted by Gasteiger charge is 2.07. The Morgan fingerprint density at radius 3 is 2.95 bits per heavy atom. The standard InChI is InChI=1S/C12H9ClN5O/c13-12-9(3-6-18-10(12)2-5-15-18)16-11-7-8(17-19)1-4-14-11/h1-7H,(H2-,14,16,17,19)/q-1. The lowest BCUT2D eigenvalue weighted by molar-refractivity contribution is 0.962. The van der Waals surface area contributed by atoms with Crippen molar-refractivity contribution >= 4 is 34.3 Å². The van der Waals surface area contributed by atoms with Crippen LogP contribution in [-0.4, -0.2) is 14.6 Å². The summed E-state index contributed by atoms with van der Waals surface area (Å²) >= 11 is 6.28. The molecule has 0 fully saturated rings. The molecule has 0 aliphatic carbocycles. The van der Waals surface area contributed by atoms with Gasteiger partial charge in [-0.15, -0.1) is 0 Å². The van der Waals surface area contributed by atoms with Crippen LogP contribution < -0.4 is 10.8 Å². The van der Waals surface area contributed by atoms with Crippen molar-refractivity contribution in [2.24, 2.45) is 0 Å². The highest BCUT2D eigenvalue weighted by atomic mass is 35.5.